The van der Waals surface area contributed by atoms with Crippen LogP contribution in [0.5, 0.6) is 0 Å². The van der Waals surface area contributed by atoms with Gasteiger partial charge in [0.1, 0.15) is 0 Å². The summed E-state index contributed by atoms with van der Waals surface area (Å²) >= 11 is 0. The van der Waals surface area contributed by atoms with Crippen molar-refractivity contribution < 1.29 is 0 Å². The average Bonchev–Trinajstić information content (AvgIpc) is 2.34. The fourth-order valence-corrected chi connectivity index (χ4v) is 2.79. The number of nitrogens with one attached hydrogen (secondary N) is 1. The number of hydrogen-bond acceptors (Lipinski definition) is 2. The van der Waals surface area contributed by atoms with E-state index >= 15 is 0 Å². The van der Waals surface area contributed by atoms with Crippen LogP contribution in [0.25, 0.3) is 0 Å². The third-order valence-electron chi connectivity index (χ3n) is 3.98. The van der Waals surface area contributed by atoms with E-state index < -0.39 is 0 Å². The van der Waals surface area contributed by atoms with E-state index in [2.05, 4.69) is 17.1 Å². The van der Waals surface area contributed by atoms with Crippen molar-refractivity contribution in [1.29, 1.82) is 0 Å². The van der Waals surface area contributed by atoms with Crippen LogP contribution in [0.4, 0.5) is 0 Å². The third-order valence-corrected chi connectivity index (χ3v) is 3.98. The fourth-order valence-electron chi connectivity index (χ4n) is 2.79. The lowest BCUT2D eigenvalue weighted by Crippen LogP contribution is -2.34. The topological polar surface area (TPSA) is 15.3 Å². The van der Waals surface area contributed by atoms with Gasteiger partial charge in [0.2, 0.25) is 0 Å². The van der Waals surface area contributed by atoms with E-state index in [4.69, 9.17) is 0 Å². The molecule has 108 valence electrons. The normalized spacial score (nSPS) is 18.5. The Morgan fingerprint density at radius 2 is 1.33 bits per heavy atom. The highest BCUT2D eigenvalue weighted by atomic mass is 15.1. The molecule has 1 saturated heterocycles. The summed E-state index contributed by atoms with van der Waals surface area (Å²) in [6.45, 7) is 8.68. The summed E-state index contributed by atoms with van der Waals surface area (Å²) < 4.78 is 0. The van der Waals surface area contributed by atoms with Gasteiger partial charge in [-0.15, -0.1) is 0 Å². The molecule has 2 nitrogen and oxygen atoms in total. The molecule has 0 aromatic carbocycles. The minimum absolute atomic E-state index is 1.22. The quantitative estimate of drug-likeness (QED) is 0.629. The molecule has 1 aliphatic rings. The zero-order valence-corrected chi connectivity index (χ0v) is 12.6. The second-order valence-electron chi connectivity index (χ2n) is 5.77. The average molecular weight is 254 g/mol. The SMILES string of the molecule is CCCCCCCCCCN1CCCNCCC1. The predicted molar refractivity (Wildman–Crippen MR) is 81.2 cm³/mol. The third kappa shape index (κ3) is 8.93. The van der Waals surface area contributed by atoms with Gasteiger partial charge in [0.05, 0.1) is 0 Å². The Labute approximate surface area is 115 Å². The zero-order valence-electron chi connectivity index (χ0n) is 12.6. The van der Waals surface area contributed by atoms with Crippen molar-refractivity contribution in [3.63, 3.8) is 0 Å². The Morgan fingerprint density at radius 1 is 0.778 bits per heavy atom. The predicted octanol–water partition coefficient (Wildman–Crippen LogP) is 3.81. The van der Waals surface area contributed by atoms with Gasteiger partial charge in [-0.3, -0.25) is 0 Å². The van der Waals surface area contributed by atoms with Gasteiger partial charge in [0.15, 0.2) is 0 Å². The van der Waals surface area contributed by atoms with E-state index in [0.29, 0.717) is 0 Å². The molecule has 1 rings (SSSR count). The second-order valence-corrected chi connectivity index (χ2v) is 5.77. The summed E-state index contributed by atoms with van der Waals surface area (Å²) in [7, 11) is 0. The van der Waals surface area contributed by atoms with Crippen LogP contribution in [-0.4, -0.2) is 37.6 Å². The molecule has 2 heteroatoms. The highest BCUT2D eigenvalue weighted by Crippen LogP contribution is 2.09. The van der Waals surface area contributed by atoms with E-state index in [-0.39, 0.29) is 0 Å². The van der Waals surface area contributed by atoms with Crippen molar-refractivity contribution in [2.24, 2.45) is 0 Å². The van der Waals surface area contributed by atoms with Gasteiger partial charge in [-0.2, -0.15) is 0 Å². The van der Waals surface area contributed by atoms with Crippen LogP contribution in [0.1, 0.15) is 71.1 Å². The maximum Gasteiger partial charge on any atom is -0.000663 e. The summed E-state index contributed by atoms with van der Waals surface area (Å²) in [6.07, 6.45) is 14.2. The molecule has 0 bridgehead atoms. The van der Waals surface area contributed by atoms with E-state index in [1.165, 1.54) is 96.9 Å². The molecular weight excluding hydrogens is 220 g/mol. The number of rotatable bonds is 9. The Kier molecular flexibility index (Phi) is 10.6. The van der Waals surface area contributed by atoms with Crippen molar-refractivity contribution in [2.75, 3.05) is 32.7 Å². The molecule has 0 aromatic rings. The standard InChI is InChI=1S/C16H34N2/c1-2-3-4-5-6-7-8-9-14-18-15-10-12-17-13-11-16-18/h17H,2-16H2,1H3. The van der Waals surface area contributed by atoms with Crippen molar-refractivity contribution >= 4 is 0 Å². The van der Waals surface area contributed by atoms with Crippen molar-refractivity contribution in [2.45, 2.75) is 71.1 Å². The molecule has 1 N–H and O–H groups in total. The van der Waals surface area contributed by atoms with Gasteiger partial charge in [-0.25, -0.2) is 0 Å². The number of nitrogens with zero attached hydrogens (tertiary/aromatic N) is 1. The van der Waals surface area contributed by atoms with Gasteiger partial charge < -0.3 is 10.2 Å². The largest absolute Gasteiger partial charge is 0.317 e. The van der Waals surface area contributed by atoms with Crippen LogP contribution in [0.2, 0.25) is 0 Å². The molecular formula is C16H34N2. The van der Waals surface area contributed by atoms with E-state index in [0.717, 1.165) is 0 Å². The van der Waals surface area contributed by atoms with Crippen molar-refractivity contribution in [1.82, 2.24) is 10.2 Å². The first-order chi connectivity index (χ1) is 8.93. The lowest BCUT2D eigenvalue weighted by molar-refractivity contribution is 0.247. The lowest BCUT2D eigenvalue weighted by Gasteiger charge is -2.24. The van der Waals surface area contributed by atoms with Gasteiger partial charge in [0.25, 0.3) is 0 Å². The number of hydrogen-bond donors (Lipinski definition) is 1. The summed E-state index contributed by atoms with van der Waals surface area (Å²) in [4.78, 5) is 2.68. The fraction of sp³-hybridized carbons (Fsp3) is 1.00. The second kappa shape index (κ2) is 12.0. The van der Waals surface area contributed by atoms with Gasteiger partial charge in [-0.1, -0.05) is 51.9 Å². The Balaban J connectivity index is 1.86. The van der Waals surface area contributed by atoms with Crippen LogP contribution in [0.15, 0.2) is 0 Å². The first-order valence-corrected chi connectivity index (χ1v) is 8.36. The molecule has 0 spiro atoms. The minimum atomic E-state index is 1.22. The maximum absolute atomic E-state index is 3.48. The van der Waals surface area contributed by atoms with Crippen LogP contribution < -0.4 is 5.32 Å². The molecule has 1 heterocycles. The summed E-state index contributed by atoms with van der Waals surface area (Å²) in [6, 6.07) is 0. The Bertz CT molecular complexity index is 162. The molecule has 1 aliphatic heterocycles. The zero-order chi connectivity index (χ0) is 12.9. The molecule has 0 amide bonds. The molecule has 0 unspecified atom stereocenters. The highest BCUT2D eigenvalue weighted by molar-refractivity contribution is 4.64. The van der Waals surface area contributed by atoms with E-state index in [1.54, 1.807) is 0 Å². The maximum atomic E-state index is 3.48. The number of unbranched alkanes of at least 4 members (excludes halogenated alkanes) is 7. The van der Waals surface area contributed by atoms with Crippen LogP contribution in [-0.2, 0) is 0 Å². The molecule has 0 radical (unpaired) electrons. The van der Waals surface area contributed by atoms with Crippen LogP contribution in [0.3, 0.4) is 0 Å². The highest BCUT2D eigenvalue weighted by Gasteiger charge is 2.06. The van der Waals surface area contributed by atoms with Crippen LogP contribution in [0, 0.1) is 0 Å². The van der Waals surface area contributed by atoms with Gasteiger partial charge in [0, 0.05) is 0 Å². The summed E-state index contributed by atoms with van der Waals surface area (Å²) in [5.41, 5.74) is 0. The molecule has 0 saturated carbocycles. The molecule has 0 atom stereocenters. The first-order valence-electron chi connectivity index (χ1n) is 8.36. The van der Waals surface area contributed by atoms with Crippen molar-refractivity contribution in [3.05, 3.63) is 0 Å². The van der Waals surface area contributed by atoms with Crippen molar-refractivity contribution in [3.8, 4) is 0 Å². The minimum Gasteiger partial charge on any atom is -0.317 e. The molecule has 18 heavy (non-hydrogen) atoms. The Hall–Kier alpha value is -0.0800. The molecule has 0 aliphatic carbocycles. The summed E-state index contributed by atoms with van der Waals surface area (Å²) in [5, 5.41) is 3.48. The molecule has 1 fully saturated rings. The van der Waals surface area contributed by atoms with Crippen LogP contribution >= 0.6 is 0 Å². The summed E-state index contributed by atoms with van der Waals surface area (Å²) in [5.74, 6) is 0. The van der Waals surface area contributed by atoms with E-state index in [1.807, 2.05) is 0 Å². The monoisotopic (exact) mass is 254 g/mol. The van der Waals surface area contributed by atoms with Gasteiger partial charge >= 0.3 is 0 Å². The van der Waals surface area contributed by atoms with Gasteiger partial charge in [-0.05, 0) is 52.0 Å². The first kappa shape index (κ1) is 16.0. The van der Waals surface area contributed by atoms with E-state index in [9.17, 15) is 0 Å². The lowest BCUT2D eigenvalue weighted by atomic mass is 10.1. The molecule has 0 aromatic heterocycles. The Morgan fingerprint density at radius 3 is 1.94 bits per heavy atom. The smallest absolute Gasteiger partial charge is 0.000663 e.